The Morgan fingerprint density at radius 2 is 1.69 bits per heavy atom. The number of hydrogen-bond donors (Lipinski definition) is 1. The summed E-state index contributed by atoms with van der Waals surface area (Å²) in [6, 6.07) is 0. The zero-order valence-electron chi connectivity index (χ0n) is 8.67. The highest BCUT2D eigenvalue weighted by Crippen LogP contribution is 2.47. The molecule has 0 saturated heterocycles. The lowest BCUT2D eigenvalue weighted by molar-refractivity contribution is -0.237. The molecule has 1 rings (SSSR count). The van der Waals surface area contributed by atoms with Gasteiger partial charge in [0, 0.05) is 0 Å². The zero-order valence-corrected chi connectivity index (χ0v) is 8.67. The fourth-order valence-corrected chi connectivity index (χ4v) is 2.18. The van der Waals surface area contributed by atoms with Gasteiger partial charge in [-0.1, -0.05) is 6.42 Å². The Balaban J connectivity index is 2.90. The van der Waals surface area contributed by atoms with E-state index in [9.17, 15) is 26.3 Å². The van der Waals surface area contributed by atoms with Gasteiger partial charge in [0.25, 0.3) is 0 Å². The van der Waals surface area contributed by atoms with Crippen molar-refractivity contribution < 1.29 is 26.3 Å². The van der Waals surface area contributed by atoms with Crippen LogP contribution in [-0.2, 0) is 0 Å². The zero-order chi connectivity index (χ0) is 12.6. The van der Waals surface area contributed by atoms with Crippen LogP contribution in [0.25, 0.3) is 0 Å². The molecular formula is C9H13F6N. The third kappa shape index (κ3) is 2.44. The van der Waals surface area contributed by atoms with Gasteiger partial charge >= 0.3 is 12.4 Å². The molecule has 1 saturated carbocycles. The van der Waals surface area contributed by atoms with E-state index in [0.717, 1.165) is 7.05 Å². The highest BCUT2D eigenvalue weighted by molar-refractivity contribution is 4.99. The second kappa shape index (κ2) is 4.09. The van der Waals surface area contributed by atoms with Crippen molar-refractivity contribution in [2.45, 2.75) is 43.6 Å². The number of halogens is 6. The second-order valence-corrected chi connectivity index (χ2v) is 4.16. The summed E-state index contributed by atoms with van der Waals surface area (Å²) in [5, 5.41) is 2.03. The predicted molar refractivity (Wildman–Crippen MR) is 45.9 cm³/mol. The largest absolute Gasteiger partial charge is 0.406 e. The average molecular weight is 249 g/mol. The average Bonchev–Trinajstić information content (AvgIpc) is 2.15. The number of hydrogen-bond acceptors (Lipinski definition) is 1. The summed E-state index contributed by atoms with van der Waals surface area (Å²) >= 11 is 0. The van der Waals surface area contributed by atoms with Gasteiger partial charge in [0.1, 0.15) is 5.54 Å². The Morgan fingerprint density at radius 1 is 1.12 bits per heavy atom. The first kappa shape index (κ1) is 13.6. The second-order valence-electron chi connectivity index (χ2n) is 4.16. The molecule has 0 radical (unpaired) electrons. The minimum atomic E-state index is -4.65. The summed E-state index contributed by atoms with van der Waals surface area (Å²) in [5.74, 6) is -1.87. The molecule has 1 fully saturated rings. The summed E-state index contributed by atoms with van der Waals surface area (Å²) in [6.45, 7) is 0. The first-order chi connectivity index (χ1) is 7.12. The number of nitrogens with one attached hydrogen (secondary N) is 1. The SMILES string of the molecule is CNC1(C(F)(F)F)CCCC(C(F)(F)F)C1. The van der Waals surface area contributed by atoms with Crippen LogP contribution in [-0.4, -0.2) is 24.9 Å². The topological polar surface area (TPSA) is 12.0 Å². The maximum absolute atomic E-state index is 12.7. The molecule has 16 heavy (non-hydrogen) atoms. The lowest BCUT2D eigenvalue weighted by Gasteiger charge is -2.42. The van der Waals surface area contributed by atoms with Crippen molar-refractivity contribution in [3.05, 3.63) is 0 Å². The van der Waals surface area contributed by atoms with E-state index in [1.165, 1.54) is 0 Å². The van der Waals surface area contributed by atoms with E-state index < -0.39 is 30.2 Å². The molecule has 1 N–H and O–H groups in total. The van der Waals surface area contributed by atoms with E-state index in [4.69, 9.17) is 0 Å². The summed E-state index contributed by atoms with van der Waals surface area (Å²) in [5.41, 5.74) is -2.38. The molecule has 0 bridgehead atoms. The van der Waals surface area contributed by atoms with Gasteiger partial charge in [-0.2, -0.15) is 26.3 Å². The molecule has 1 aliphatic carbocycles. The maximum Gasteiger partial charge on any atom is 0.406 e. The van der Waals surface area contributed by atoms with Crippen molar-refractivity contribution in [3.8, 4) is 0 Å². The van der Waals surface area contributed by atoms with Gasteiger partial charge in [0.15, 0.2) is 0 Å². The van der Waals surface area contributed by atoms with Gasteiger partial charge < -0.3 is 5.32 Å². The van der Waals surface area contributed by atoms with Crippen LogP contribution in [0.1, 0.15) is 25.7 Å². The van der Waals surface area contributed by atoms with Crippen molar-refractivity contribution >= 4 is 0 Å². The molecule has 0 heterocycles. The highest BCUT2D eigenvalue weighted by atomic mass is 19.4. The molecule has 1 aliphatic rings. The molecule has 1 nitrogen and oxygen atoms in total. The molecule has 2 atom stereocenters. The van der Waals surface area contributed by atoms with Crippen LogP contribution in [0, 0.1) is 5.92 Å². The van der Waals surface area contributed by atoms with E-state index in [1.54, 1.807) is 0 Å². The Hall–Kier alpha value is -0.460. The Bertz CT molecular complexity index is 245. The van der Waals surface area contributed by atoms with Gasteiger partial charge in [-0.3, -0.25) is 0 Å². The third-order valence-corrected chi connectivity index (χ3v) is 3.24. The van der Waals surface area contributed by atoms with Crippen LogP contribution in [0.15, 0.2) is 0 Å². The van der Waals surface area contributed by atoms with Gasteiger partial charge in [-0.05, 0) is 26.3 Å². The van der Waals surface area contributed by atoms with Crippen molar-refractivity contribution in [2.24, 2.45) is 5.92 Å². The molecule has 96 valence electrons. The van der Waals surface area contributed by atoms with E-state index in [0.29, 0.717) is 0 Å². The highest BCUT2D eigenvalue weighted by Gasteiger charge is 2.59. The first-order valence-electron chi connectivity index (χ1n) is 4.95. The summed E-state index contributed by atoms with van der Waals surface area (Å²) in [6.07, 6.45) is -10.7. The van der Waals surface area contributed by atoms with Crippen LogP contribution < -0.4 is 5.32 Å². The summed E-state index contributed by atoms with van der Waals surface area (Å²) in [7, 11) is 1.06. The van der Waals surface area contributed by atoms with Gasteiger partial charge in [0.05, 0.1) is 5.92 Å². The Morgan fingerprint density at radius 3 is 2.06 bits per heavy atom. The standard InChI is InChI=1S/C9H13F6N/c1-16-7(9(13,14)15)4-2-3-6(5-7)8(10,11)12/h6,16H,2-5H2,1H3. The molecule has 7 heteroatoms. The van der Waals surface area contributed by atoms with Crippen molar-refractivity contribution in [2.75, 3.05) is 7.05 Å². The van der Waals surface area contributed by atoms with Crippen molar-refractivity contribution in [1.29, 1.82) is 0 Å². The monoisotopic (exact) mass is 249 g/mol. The quantitative estimate of drug-likeness (QED) is 0.703. The minimum absolute atomic E-state index is 0.0650. The lowest BCUT2D eigenvalue weighted by Crippen LogP contribution is -2.59. The van der Waals surface area contributed by atoms with Crippen molar-refractivity contribution in [1.82, 2.24) is 5.32 Å². The van der Waals surface area contributed by atoms with Crippen LogP contribution in [0.2, 0.25) is 0 Å². The van der Waals surface area contributed by atoms with E-state index >= 15 is 0 Å². The van der Waals surface area contributed by atoms with Crippen LogP contribution >= 0.6 is 0 Å². The molecular weight excluding hydrogens is 236 g/mol. The fraction of sp³-hybridized carbons (Fsp3) is 1.00. The van der Waals surface area contributed by atoms with Crippen LogP contribution in [0.3, 0.4) is 0 Å². The first-order valence-corrected chi connectivity index (χ1v) is 4.95. The Labute approximate surface area is 89.2 Å². The maximum atomic E-state index is 12.7. The molecule has 2 unspecified atom stereocenters. The number of alkyl halides is 6. The lowest BCUT2D eigenvalue weighted by atomic mass is 9.75. The summed E-state index contributed by atoms with van der Waals surface area (Å²) < 4.78 is 75.4. The van der Waals surface area contributed by atoms with Crippen molar-refractivity contribution in [3.63, 3.8) is 0 Å². The van der Waals surface area contributed by atoms with E-state index in [-0.39, 0.29) is 19.3 Å². The molecule has 0 aliphatic heterocycles. The summed E-state index contributed by atoms with van der Waals surface area (Å²) in [4.78, 5) is 0. The molecule has 0 aromatic carbocycles. The normalized spacial score (nSPS) is 32.8. The molecule has 0 amide bonds. The van der Waals surface area contributed by atoms with Crippen LogP contribution in [0.5, 0.6) is 0 Å². The molecule has 0 aromatic heterocycles. The minimum Gasteiger partial charge on any atom is -0.307 e. The van der Waals surface area contributed by atoms with Gasteiger partial charge in [-0.15, -0.1) is 0 Å². The van der Waals surface area contributed by atoms with E-state index in [2.05, 4.69) is 0 Å². The predicted octanol–water partition coefficient (Wildman–Crippen LogP) is 3.26. The molecule has 0 aromatic rings. The van der Waals surface area contributed by atoms with Crippen LogP contribution in [0.4, 0.5) is 26.3 Å². The fourth-order valence-electron chi connectivity index (χ4n) is 2.18. The molecule has 0 spiro atoms. The third-order valence-electron chi connectivity index (χ3n) is 3.24. The van der Waals surface area contributed by atoms with Gasteiger partial charge in [-0.25, -0.2) is 0 Å². The smallest absolute Gasteiger partial charge is 0.307 e. The Kier molecular flexibility index (Phi) is 3.47. The van der Waals surface area contributed by atoms with Gasteiger partial charge in [0.2, 0.25) is 0 Å². The number of rotatable bonds is 1. The van der Waals surface area contributed by atoms with E-state index in [1.807, 2.05) is 5.32 Å².